The second-order valence-electron chi connectivity index (χ2n) is 12.2. The van der Waals surface area contributed by atoms with Gasteiger partial charge in [0, 0.05) is 35.2 Å². The van der Waals surface area contributed by atoms with Gasteiger partial charge >= 0.3 is 0 Å². The molecule has 0 bridgehead atoms. The number of halogens is 1. The van der Waals surface area contributed by atoms with Gasteiger partial charge in [-0.3, -0.25) is 24.2 Å². The molecule has 11 nitrogen and oxygen atoms in total. The fraction of sp³-hybridized carbons (Fsp3) is 0.552. The zero-order valence-electron chi connectivity index (χ0n) is 23.2. The van der Waals surface area contributed by atoms with Crippen LogP contribution in [0.2, 0.25) is 0 Å². The molecule has 6 rings (SSSR count). The van der Waals surface area contributed by atoms with Crippen LogP contribution in [0, 0.1) is 23.6 Å². The van der Waals surface area contributed by atoms with Crippen LogP contribution in [0.15, 0.2) is 22.7 Å². The summed E-state index contributed by atoms with van der Waals surface area (Å²) < 4.78 is 16.6. The summed E-state index contributed by atoms with van der Waals surface area (Å²) in [4.78, 5) is 43.2. The fourth-order valence-electron chi connectivity index (χ4n) is 8.15. The third kappa shape index (κ3) is 3.50. The fourth-order valence-corrected chi connectivity index (χ4v) is 8.15. The Kier molecular flexibility index (Phi) is 6.25. The predicted octanol–water partition coefficient (Wildman–Crippen LogP) is 1.46. The molecule has 2 heterocycles. The van der Waals surface area contributed by atoms with Crippen molar-refractivity contribution in [2.75, 3.05) is 39.0 Å². The second-order valence-corrected chi connectivity index (χ2v) is 12.2. The maximum Gasteiger partial charge on any atom is 0.255 e. The molecule has 1 aromatic carbocycles. The highest BCUT2D eigenvalue weighted by atomic mass is 19.1. The number of carbonyl (C=O) groups excluding carboxylic acids is 3. The van der Waals surface area contributed by atoms with Gasteiger partial charge in [0.2, 0.25) is 5.78 Å². The van der Waals surface area contributed by atoms with Gasteiger partial charge in [0.25, 0.3) is 5.91 Å². The highest BCUT2D eigenvalue weighted by molar-refractivity contribution is 6.25. The highest BCUT2D eigenvalue weighted by Crippen LogP contribution is 2.56. The number of hydrogen-bond donors (Lipinski definition) is 6. The number of primary amides is 1. The average molecular weight is 571 g/mol. The van der Waals surface area contributed by atoms with Crippen molar-refractivity contribution in [3.8, 4) is 5.75 Å². The van der Waals surface area contributed by atoms with E-state index in [1.807, 2.05) is 0 Å². The summed E-state index contributed by atoms with van der Waals surface area (Å²) in [7, 11) is 3.12. The summed E-state index contributed by atoms with van der Waals surface area (Å²) in [6.07, 6.45) is 1.59. The maximum absolute atomic E-state index is 16.6. The minimum atomic E-state index is -2.73. The number of nitrogens with one attached hydrogen (secondary N) is 1. The van der Waals surface area contributed by atoms with Gasteiger partial charge in [0.05, 0.1) is 17.3 Å². The predicted molar refractivity (Wildman–Crippen MR) is 145 cm³/mol. The van der Waals surface area contributed by atoms with Gasteiger partial charge in [0.1, 0.15) is 22.9 Å². The highest BCUT2D eigenvalue weighted by Gasteiger charge is 2.63. The molecule has 41 heavy (non-hydrogen) atoms. The number of allylic oxidation sites excluding steroid dienone is 1. The van der Waals surface area contributed by atoms with Crippen molar-refractivity contribution in [3.63, 3.8) is 0 Å². The first-order chi connectivity index (χ1) is 19.4. The summed E-state index contributed by atoms with van der Waals surface area (Å²) in [5.41, 5.74) is 1.67. The first kappa shape index (κ1) is 27.7. The summed E-state index contributed by atoms with van der Waals surface area (Å²) in [5.74, 6) is -7.94. The molecule has 1 fully saturated rings. The van der Waals surface area contributed by atoms with E-state index in [1.165, 1.54) is 4.90 Å². The Bertz CT molecular complexity index is 1470. The summed E-state index contributed by atoms with van der Waals surface area (Å²) in [6, 6.07) is -1.35. The number of aliphatic hydroxyl groups is 3. The number of fused-ring (bicyclic) bond motifs is 6. The molecule has 5 aliphatic rings. The van der Waals surface area contributed by atoms with Crippen molar-refractivity contribution in [1.29, 1.82) is 0 Å². The van der Waals surface area contributed by atoms with Crippen LogP contribution < -0.4 is 11.1 Å². The van der Waals surface area contributed by atoms with E-state index < -0.39 is 69.6 Å². The van der Waals surface area contributed by atoms with Gasteiger partial charge in [-0.05, 0) is 64.7 Å². The van der Waals surface area contributed by atoms with E-state index >= 15 is 4.39 Å². The number of benzene rings is 1. The molecular formula is C29H35FN4O7. The van der Waals surface area contributed by atoms with E-state index in [0.29, 0.717) is 12.1 Å². The monoisotopic (exact) mass is 570 g/mol. The minimum absolute atomic E-state index is 0.0326. The number of carbonyl (C=O) groups is 3. The number of ketones is 2. The molecule has 2 aliphatic heterocycles. The number of hydrogen-bond acceptors (Lipinski definition) is 10. The summed E-state index contributed by atoms with van der Waals surface area (Å²) in [5, 5.41) is 48.6. The van der Waals surface area contributed by atoms with Crippen LogP contribution in [0.25, 0.3) is 0 Å². The number of nitrogens with two attached hydrogens (primary N) is 1. The number of nitrogens with zero attached hydrogens (tertiary/aromatic N) is 2. The lowest BCUT2D eigenvalue weighted by Gasteiger charge is -2.50. The lowest BCUT2D eigenvalue weighted by Crippen LogP contribution is -2.63. The molecule has 0 radical (unpaired) electrons. The van der Waals surface area contributed by atoms with Crippen LogP contribution >= 0.6 is 0 Å². The van der Waals surface area contributed by atoms with Crippen molar-refractivity contribution < 1.29 is 39.2 Å². The van der Waals surface area contributed by atoms with Crippen molar-refractivity contribution in [2.24, 2.45) is 23.5 Å². The van der Waals surface area contributed by atoms with E-state index in [-0.39, 0.29) is 47.2 Å². The molecule has 0 saturated carbocycles. The number of rotatable bonds is 4. The van der Waals surface area contributed by atoms with E-state index in [9.17, 15) is 34.8 Å². The largest absolute Gasteiger partial charge is 0.510 e. The lowest BCUT2D eigenvalue weighted by atomic mass is 9.58. The number of Topliss-reactive ketones (excluding diaryl/α,β-unsaturated/α-hetero) is 2. The number of anilines is 1. The first-order valence-corrected chi connectivity index (χ1v) is 14.1. The standard InChI is InChI=1S/C29H35FN4O7/c1-4-6-34-7-5-11-10-32-20-17(21(11)34)19(30)13-8-12-9-14-22(33(2)3)25(37)18(28(31)40)27(39)29(14,41)26(38)15(12)23(35)16(13)24(20)36/h11-12,14,21-22,32,36-38,41H,4-10H2,1-3H3,(H2,31,40)/t11?,12-,14-,21?,22-,29-/m0/s1. The number of aliphatic hydroxyl groups excluding tert-OH is 2. The first-order valence-electron chi connectivity index (χ1n) is 14.1. The van der Waals surface area contributed by atoms with Crippen molar-refractivity contribution in [1.82, 2.24) is 9.80 Å². The van der Waals surface area contributed by atoms with Crippen LogP contribution in [-0.2, 0) is 16.0 Å². The van der Waals surface area contributed by atoms with Crippen LogP contribution in [-0.4, -0.2) is 93.1 Å². The van der Waals surface area contributed by atoms with Crippen LogP contribution in [0.4, 0.5) is 10.1 Å². The summed E-state index contributed by atoms with van der Waals surface area (Å²) >= 11 is 0. The van der Waals surface area contributed by atoms with Crippen molar-refractivity contribution >= 4 is 23.2 Å². The Morgan fingerprint density at radius 2 is 1.95 bits per heavy atom. The van der Waals surface area contributed by atoms with Gasteiger partial charge in [-0.1, -0.05) is 6.92 Å². The maximum atomic E-state index is 16.6. The summed E-state index contributed by atoms with van der Waals surface area (Å²) in [6.45, 7) is 4.12. The molecule has 1 amide bonds. The zero-order chi connectivity index (χ0) is 29.7. The van der Waals surface area contributed by atoms with Gasteiger partial charge in [-0.2, -0.15) is 0 Å². The Morgan fingerprint density at radius 1 is 1.24 bits per heavy atom. The molecule has 1 saturated heterocycles. The number of phenolic OH excluding ortho intramolecular Hbond substituents is 1. The lowest BCUT2D eigenvalue weighted by molar-refractivity contribution is -0.148. The van der Waals surface area contributed by atoms with Gasteiger partial charge in [-0.15, -0.1) is 0 Å². The molecule has 7 N–H and O–H groups in total. The van der Waals surface area contributed by atoms with E-state index in [2.05, 4.69) is 17.1 Å². The molecule has 220 valence electrons. The molecule has 0 spiro atoms. The Morgan fingerprint density at radius 3 is 2.59 bits per heavy atom. The Balaban J connectivity index is 1.53. The number of amides is 1. The zero-order valence-corrected chi connectivity index (χ0v) is 23.2. The molecule has 2 unspecified atom stereocenters. The van der Waals surface area contributed by atoms with Crippen molar-refractivity contribution in [3.05, 3.63) is 45.2 Å². The SMILES string of the molecule is CCCN1CCC2CNc3c(O)c4c(c(F)c3C21)C[C@H]1C[C@H]2[C@H](N(C)C)C(O)=C(C(N)=O)C(=O)[C@@]2(O)C(O)=C1C4=O. The van der Waals surface area contributed by atoms with E-state index in [1.54, 1.807) is 14.1 Å². The van der Waals surface area contributed by atoms with Crippen LogP contribution in [0.3, 0.4) is 0 Å². The molecule has 12 heteroatoms. The molecule has 1 aromatic rings. The number of aromatic hydroxyl groups is 1. The molecular weight excluding hydrogens is 535 g/mol. The second kappa shape index (κ2) is 9.27. The normalized spacial score (nSPS) is 32.8. The number of phenols is 1. The Hall–Kier alpha value is -3.48. The average Bonchev–Trinajstić information content (AvgIpc) is 3.31. The molecule has 3 aliphatic carbocycles. The Labute approximate surface area is 236 Å². The third-order valence-corrected chi connectivity index (χ3v) is 9.84. The smallest absolute Gasteiger partial charge is 0.255 e. The van der Waals surface area contributed by atoms with Crippen molar-refractivity contribution in [2.45, 2.75) is 50.3 Å². The van der Waals surface area contributed by atoms with Gasteiger partial charge < -0.3 is 31.5 Å². The minimum Gasteiger partial charge on any atom is -0.510 e. The number of likely N-dealkylation sites (N-methyl/N-ethyl adjacent to an activating group) is 1. The quantitative estimate of drug-likeness (QED) is 0.229. The van der Waals surface area contributed by atoms with E-state index in [4.69, 9.17) is 5.73 Å². The topological polar surface area (TPSA) is 177 Å². The van der Waals surface area contributed by atoms with Gasteiger partial charge in [-0.25, -0.2) is 4.39 Å². The van der Waals surface area contributed by atoms with Crippen LogP contribution in [0.1, 0.15) is 53.7 Å². The van der Waals surface area contributed by atoms with E-state index in [0.717, 1.165) is 25.9 Å². The van der Waals surface area contributed by atoms with Gasteiger partial charge in [0.15, 0.2) is 17.1 Å². The molecule has 6 atom stereocenters. The third-order valence-electron chi connectivity index (χ3n) is 9.84. The molecule has 0 aromatic heterocycles. The van der Waals surface area contributed by atoms with Crippen LogP contribution in [0.5, 0.6) is 5.75 Å². The number of likely N-dealkylation sites (tertiary alicyclic amines) is 1.